The molecule has 1 amide bonds. The Morgan fingerprint density at radius 2 is 1.90 bits per heavy atom. The number of carbonyl (C=O) groups is 1. The van der Waals surface area contributed by atoms with Gasteiger partial charge in [0.1, 0.15) is 0 Å². The fourth-order valence-corrected chi connectivity index (χ4v) is 4.07. The summed E-state index contributed by atoms with van der Waals surface area (Å²) >= 11 is 6.13. The average Bonchev–Trinajstić information content (AvgIpc) is 3.23. The third-order valence-electron chi connectivity index (χ3n) is 5.56. The zero-order chi connectivity index (χ0) is 21.6. The number of amides is 1. The van der Waals surface area contributed by atoms with E-state index in [0.717, 1.165) is 49.8 Å². The van der Waals surface area contributed by atoms with Crippen LogP contribution in [0.1, 0.15) is 34.1 Å². The van der Waals surface area contributed by atoms with Crippen LogP contribution < -0.4 is 5.32 Å². The number of nitrogens with zero attached hydrogens (tertiary/aromatic N) is 3. The molecule has 0 radical (unpaired) electrons. The molecule has 1 aliphatic heterocycles. The molecule has 0 bridgehead atoms. The minimum atomic E-state index is -0.119. The number of carbonyl (C=O) groups excluding carboxylic acids is 1. The van der Waals surface area contributed by atoms with Crippen molar-refractivity contribution in [3.05, 3.63) is 82.1 Å². The SMILES string of the molecule is CCc1c(C(=O)NCc2ccccc2CN2CCOCC2)cnn1-c1cccc(Cl)c1. The van der Waals surface area contributed by atoms with E-state index in [1.807, 2.05) is 43.3 Å². The molecule has 3 aromatic rings. The molecule has 2 heterocycles. The van der Waals surface area contributed by atoms with Gasteiger partial charge in [0.15, 0.2) is 0 Å². The Labute approximate surface area is 187 Å². The average molecular weight is 439 g/mol. The van der Waals surface area contributed by atoms with Crippen molar-refractivity contribution in [2.75, 3.05) is 26.3 Å². The Morgan fingerprint density at radius 1 is 1.13 bits per heavy atom. The molecule has 1 aromatic heterocycles. The van der Waals surface area contributed by atoms with Crippen LogP contribution in [-0.4, -0.2) is 46.9 Å². The van der Waals surface area contributed by atoms with Crippen molar-refractivity contribution in [1.82, 2.24) is 20.0 Å². The van der Waals surface area contributed by atoms with Gasteiger partial charge in [-0.3, -0.25) is 9.69 Å². The zero-order valence-corrected chi connectivity index (χ0v) is 18.4. The van der Waals surface area contributed by atoms with Crippen LogP contribution in [0.3, 0.4) is 0 Å². The van der Waals surface area contributed by atoms with E-state index in [4.69, 9.17) is 16.3 Å². The smallest absolute Gasteiger partial charge is 0.255 e. The summed E-state index contributed by atoms with van der Waals surface area (Å²) in [5, 5.41) is 8.17. The Kier molecular flexibility index (Phi) is 7.02. The molecule has 0 atom stereocenters. The van der Waals surface area contributed by atoms with Crippen LogP contribution in [0.4, 0.5) is 0 Å². The molecule has 7 heteroatoms. The third-order valence-corrected chi connectivity index (χ3v) is 5.79. The predicted molar refractivity (Wildman–Crippen MR) is 122 cm³/mol. The van der Waals surface area contributed by atoms with E-state index in [0.29, 0.717) is 23.6 Å². The van der Waals surface area contributed by atoms with Crippen molar-refractivity contribution in [1.29, 1.82) is 0 Å². The number of hydrogen-bond donors (Lipinski definition) is 1. The standard InChI is InChI=1S/C24H27ClN4O2/c1-2-23-22(16-27-29(23)21-9-5-8-20(25)14-21)24(30)26-15-18-6-3-4-7-19(18)17-28-10-12-31-13-11-28/h3-9,14,16H,2,10-13,15,17H2,1H3,(H,26,30). The van der Waals surface area contributed by atoms with Gasteiger partial charge < -0.3 is 10.1 Å². The Bertz CT molecular complexity index is 1040. The van der Waals surface area contributed by atoms with E-state index in [1.165, 1.54) is 5.56 Å². The van der Waals surface area contributed by atoms with E-state index >= 15 is 0 Å². The molecule has 1 saturated heterocycles. The van der Waals surface area contributed by atoms with Gasteiger partial charge in [-0.1, -0.05) is 48.9 Å². The quantitative estimate of drug-likeness (QED) is 0.608. The van der Waals surface area contributed by atoms with Crippen LogP contribution >= 0.6 is 11.6 Å². The van der Waals surface area contributed by atoms with Crippen LogP contribution in [0.2, 0.25) is 5.02 Å². The first-order valence-electron chi connectivity index (χ1n) is 10.6. The molecular weight excluding hydrogens is 412 g/mol. The molecule has 6 nitrogen and oxygen atoms in total. The topological polar surface area (TPSA) is 59.4 Å². The van der Waals surface area contributed by atoms with Crippen molar-refractivity contribution in [2.24, 2.45) is 0 Å². The van der Waals surface area contributed by atoms with Crippen LogP contribution in [0.5, 0.6) is 0 Å². The molecule has 0 spiro atoms. The lowest BCUT2D eigenvalue weighted by atomic mass is 10.1. The molecule has 1 fully saturated rings. The maximum Gasteiger partial charge on any atom is 0.255 e. The van der Waals surface area contributed by atoms with Crippen LogP contribution in [0.15, 0.2) is 54.7 Å². The molecule has 0 unspecified atom stereocenters. The van der Waals surface area contributed by atoms with E-state index in [1.54, 1.807) is 10.9 Å². The second-order valence-corrected chi connectivity index (χ2v) is 8.03. The lowest BCUT2D eigenvalue weighted by Crippen LogP contribution is -2.36. The van der Waals surface area contributed by atoms with Crippen molar-refractivity contribution >= 4 is 17.5 Å². The molecule has 0 aliphatic carbocycles. The highest BCUT2D eigenvalue weighted by atomic mass is 35.5. The van der Waals surface area contributed by atoms with E-state index in [2.05, 4.69) is 27.4 Å². The predicted octanol–water partition coefficient (Wildman–Crippen LogP) is 3.85. The molecule has 31 heavy (non-hydrogen) atoms. The number of hydrogen-bond acceptors (Lipinski definition) is 4. The van der Waals surface area contributed by atoms with Crippen LogP contribution in [0, 0.1) is 0 Å². The number of halogens is 1. The monoisotopic (exact) mass is 438 g/mol. The van der Waals surface area contributed by atoms with Gasteiger partial charge in [0.25, 0.3) is 5.91 Å². The van der Waals surface area contributed by atoms with Gasteiger partial charge in [-0.2, -0.15) is 5.10 Å². The van der Waals surface area contributed by atoms with E-state index in [-0.39, 0.29) is 5.91 Å². The molecule has 0 saturated carbocycles. The fraction of sp³-hybridized carbons (Fsp3) is 0.333. The summed E-state index contributed by atoms with van der Waals surface area (Å²) in [5.41, 5.74) is 4.66. The number of rotatable bonds is 7. The van der Waals surface area contributed by atoms with Gasteiger partial charge in [0.2, 0.25) is 0 Å². The third kappa shape index (κ3) is 5.15. The van der Waals surface area contributed by atoms with Crippen molar-refractivity contribution in [3.8, 4) is 5.69 Å². The zero-order valence-electron chi connectivity index (χ0n) is 17.7. The largest absolute Gasteiger partial charge is 0.379 e. The van der Waals surface area contributed by atoms with Gasteiger partial charge in [-0.25, -0.2) is 4.68 Å². The van der Waals surface area contributed by atoms with Gasteiger partial charge in [0, 0.05) is 31.2 Å². The highest BCUT2D eigenvalue weighted by molar-refractivity contribution is 6.30. The summed E-state index contributed by atoms with van der Waals surface area (Å²) < 4.78 is 7.23. The Morgan fingerprint density at radius 3 is 2.65 bits per heavy atom. The number of aromatic nitrogens is 2. The minimum Gasteiger partial charge on any atom is -0.379 e. The molecule has 162 valence electrons. The second kappa shape index (κ2) is 10.1. The fourth-order valence-electron chi connectivity index (χ4n) is 3.89. The van der Waals surface area contributed by atoms with Crippen LogP contribution in [-0.2, 0) is 24.2 Å². The molecular formula is C24H27ClN4O2. The summed E-state index contributed by atoms with van der Waals surface area (Å²) in [6.45, 7) is 6.77. The first kappa shape index (κ1) is 21.6. The summed E-state index contributed by atoms with van der Waals surface area (Å²) in [5.74, 6) is -0.119. The van der Waals surface area contributed by atoms with Gasteiger partial charge >= 0.3 is 0 Å². The number of benzene rings is 2. The van der Waals surface area contributed by atoms with Crippen molar-refractivity contribution in [3.63, 3.8) is 0 Å². The minimum absolute atomic E-state index is 0.119. The van der Waals surface area contributed by atoms with Gasteiger partial charge in [-0.05, 0) is 35.7 Å². The van der Waals surface area contributed by atoms with Crippen molar-refractivity contribution < 1.29 is 9.53 Å². The Hall–Kier alpha value is -2.67. The summed E-state index contributed by atoms with van der Waals surface area (Å²) in [7, 11) is 0. The van der Waals surface area contributed by atoms with E-state index < -0.39 is 0 Å². The normalized spacial score (nSPS) is 14.5. The van der Waals surface area contributed by atoms with E-state index in [9.17, 15) is 4.79 Å². The maximum atomic E-state index is 13.0. The number of ether oxygens (including phenoxy) is 1. The van der Waals surface area contributed by atoms with Crippen LogP contribution in [0.25, 0.3) is 5.69 Å². The first-order valence-corrected chi connectivity index (χ1v) is 11.0. The summed E-state index contributed by atoms with van der Waals surface area (Å²) in [6.07, 6.45) is 2.32. The van der Waals surface area contributed by atoms with Crippen molar-refractivity contribution in [2.45, 2.75) is 26.4 Å². The number of nitrogens with one attached hydrogen (secondary N) is 1. The van der Waals surface area contributed by atoms with Gasteiger partial charge in [-0.15, -0.1) is 0 Å². The van der Waals surface area contributed by atoms with Gasteiger partial charge in [0.05, 0.1) is 36.4 Å². The molecule has 1 aliphatic rings. The lowest BCUT2D eigenvalue weighted by molar-refractivity contribution is 0.0340. The number of morpholine rings is 1. The highest BCUT2D eigenvalue weighted by Crippen LogP contribution is 2.19. The summed E-state index contributed by atoms with van der Waals surface area (Å²) in [4.78, 5) is 15.4. The second-order valence-electron chi connectivity index (χ2n) is 7.59. The first-order chi connectivity index (χ1) is 15.2. The molecule has 2 aromatic carbocycles. The molecule has 4 rings (SSSR count). The molecule has 1 N–H and O–H groups in total. The highest BCUT2D eigenvalue weighted by Gasteiger charge is 2.18. The summed E-state index contributed by atoms with van der Waals surface area (Å²) in [6, 6.07) is 15.7. The lowest BCUT2D eigenvalue weighted by Gasteiger charge is -2.27. The Balaban J connectivity index is 1.47. The maximum absolute atomic E-state index is 13.0.